The van der Waals surface area contributed by atoms with Gasteiger partial charge in [0.05, 0.1) is 5.56 Å². The van der Waals surface area contributed by atoms with Crippen molar-refractivity contribution in [2.75, 3.05) is 0 Å². The Bertz CT molecular complexity index is 407. The smallest absolute Gasteiger partial charge is 0.325 e. The molecule has 0 radical (unpaired) electrons. The highest BCUT2D eigenvalue weighted by Gasteiger charge is 2.41. The van der Waals surface area contributed by atoms with E-state index in [1.165, 1.54) is 6.07 Å². The molecule has 1 fully saturated rings. The van der Waals surface area contributed by atoms with Crippen molar-refractivity contribution in [2.24, 2.45) is 5.73 Å². The van der Waals surface area contributed by atoms with E-state index < -0.39 is 23.1 Å². The Hall–Kier alpha value is -1.10. The molecule has 0 atom stereocenters. The summed E-state index contributed by atoms with van der Waals surface area (Å²) in [6, 6.07) is 2.74. The fourth-order valence-electron chi connectivity index (χ4n) is 1.68. The van der Waals surface area contributed by atoms with Crippen LogP contribution in [0.3, 0.4) is 0 Å². The minimum absolute atomic E-state index is 0.0777. The molecule has 1 nitrogen and oxygen atoms in total. The van der Waals surface area contributed by atoms with E-state index in [9.17, 15) is 17.6 Å². The second kappa shape index (κ2) is 3.45. The molecule has 2 N–H and O–H groups in total. The average Bonchev–Trinajstić information content (AvgIpc) is 2.85. The van der Waals surface area contributed by atoms with E-state index in [0.29, 0.717) is 6.07 Å². The van der Waals surface area contributed by atoms with Gasteiger partial charge in [-0.05, 0) is 37.0 Å². The lowest BCUT2D eigenvalue weighted by molar-refractivity contribution is -0.138. The molecule has 0 unspecified atom stereocenters. The van der Waals surface area contributed by atoms with Gasteiger partial charge < -0.3 is 5.73 Å². The van der Waals surface area contributed by atoms with Crippen molar-refractivity contribution in [1.29, 1.82) is 0 Å². The molecule has 1 aliphatic carbocycles. The normalized spacial score (nSPS) is 18.6. The van der Waals surface area contributed by atoms with Crippen molar-refractivity contribution in [1.82, 2.24) is 0 Å². The zero-order valence-corrected chi connectivity index (χ0v) is 8.44. The maximum Gasteiger partial charge on any atom is 0.416 e. The van der Waals surface area contributed by atoms with Crippen LogP contribution in [-0.2, 0) is 12.6 Å². The lowest BCUT2D eigenvalue weighted by Gasteiger charge is -2.15. The number of rotatable bonds is 2. The van der Waals surface area contributed by atoms with Gasteiger partial charge in [0.2, 0.25) is 0 Å². The topological polar surface area (TPSA) is 26.0 Å². The van der Waals surface area contributed by atoms with Crippen molar-refractivity contribution in [3.8, 4) is 0 Å². The maximum atomic E-state index is 12.8. The number of hydrogen-bond donors (Lipinski definition) is 1. The highest BCUT2D eigenvalue weighted by molar-refractivity contribution is 5.33. The van der Waals surface area contributed by atoms with Crippen LogP contribution in [0.4, 0.5) is 17.6 Å². The van der Waals surface area contributed by atoms with E-state index in [4.69, 9.17) is 5.73 Å². The lowest BCUT2D eigenvalue weighted by atomic mass is 9.99. The third-order valence-electron chi connectivity index (χ3n) is 2.81. The van der Waals surface area contributed by atoms with Crippen LogP contribution >= 0.6 is 0 Å². The van der Waals surface area contributed by atoms with Crippen LogP contribution in [0.1, 0.15) is 24.0 Å². The quantitative estimate of drug-likeness (QED) is 0.781. The molecule has 2 rings (SSSR count). The van der Waals surface area contributed by atoms with Crippen LogP contribution in [-0.4, -0.2) is 5.54 Å². The molecule has 0 aromatic heterocycles. The summed E-state index contributed by atoms with van der Waals surface area (Å²) in [5.74, 6) is -0.877. The molecular formula is C11H11F4N. The Morgan fingerprint density at radius 2 is 1.88 bits per heavy atom. The molecule has 5 heteroatoms. The Morgan fingerprint density at radius 1 is 1.25 bits per heavy atom. The van der Waals surface area contributed by atoms with Crippen LogP contribution in [0, 0.1) is 5.82 Å². The van der Waals surface area contributed by atoms with E-state index in [1.807, 2.05) is 0 Å². The van der Waals surface area contributed by atoms with Gasteiger partial charge >= 0.3 is 6.18 Å². The first kappa shape index (κ1) is 11.4. The summed E-state index contributed by atoms with van der Waals surface area (Å²) in [5, 5.41) is 0. The second-order valence-corrected chi connectivity index (χ2v) is 4.34. The van der Waals surface area contributed by atoms with Gasteiger partial charge in [0.25, 0.3) is 0 Å². The summed E-state index contributed by atoms with van der Waals surface area (Å²) < 4.78 is 50.6. The standard InChI is InChI=1S/C11H11F4N/c12-8-2-1-7(6-10(16)3-4-10)9(5-8)11(13,14)15/h1-2,5H,3-4,6,16H2. The first-order chi connectivity index (χ1) is 7.30. The van der Waals surface area contributed by atoms with Crippen molar-refractivity contribution in [3.05, 3.63) is 35.1 Å². The molecule has 88 valence electrons. The van der Waals surface area contributed by atoms with Crippen molar-refractivity contribution >= 4 is 0 Å². The van der Waals surface area contributed by atoms with Gasteiger partial charge in [0.15, 0.2) is 0 Å². The maximum absolute atomic E-state index is 12.8. The van der Waals surface area contributed by atoms with Crippen molar-refractivity contribution < 1.29 is 17.6 Å². The average molecular weight is 233 g/mol. The molecule has 0 bridgehead atoms. The van der Waals surface area contributed by atoms with Gasteiger partial charge in [0.1, 0.15) is 5.82 Å². The molecular weight excluding hydrogens is 222 g/mol. The summed E-state index contributed by atoms with van der Waals surface area (Å²) in [4.78, 5) is 0. The largest absolute Gasteiger partial charge is 0.416 e. The SMILES string of the molecule is NC1(Cc2ccc(F)cc2C(F)(F)F)CC1. The third-order valence-corrected chi connectivity index (χ3v) is 2.81. The first-order valence-corrected chi connectivity index (χ1v) is 4.95. The summed E-state index contributed by atoms with van der Waals surface area (Å²) in [6.45, 7) is 0. The van der Waals surface area contributed by atoms with E-state index in [-0.39, 0.29) is 12.0 Å². The molecule has 0 amide bonds. The monoisotopic (exact) mass is 233 g/mol. The van der Waals surface area contributed by atoms with Crippen LogP contribution in [0.5, 0.6) is 0 Å². The zero-order chi connectivity index (χ0) is 12.0. The minimum Gasteiger partial charge on any atom is -0.325 e. The van der Waals surface area contributed by atoms with Crippen LogP contribution < -0.4 is 5.73 Å². The van der Waals surface area contributed by atoms with Gasteiger partial charge in [-0.2, -0.15) is 13.2 Å². The lowest BCUT2D eigenvalue weighted by Crippen LogP contribution is -2.26. The summed E-state index contributed by atoms with van der Waals surface area (Å²) >= 11 is 0. The second-order valence-electron chi connectivity index (χ2n) is 4.34. The molecule has 1 aliphatic rings. The molecule has 0 aliphatic heterocycles. The van der Waals surface area contributed by atoms with E-state index in [2.05, 4.69) is 0 Å². The van der Waals surface area contributed by atoms with Gasteiger partial charge in [-0.25, -0.2) is 4.39 Å². The molecule has 1 saturated carbocycles. The number of hydrogen-bond acceptors (Lipinski definition) is 1. The highest BCUT2D eigenvalue weighted by atomic mass is 19.4. The number of halogens is 4. The molecule has 0 saturated heterocycles. The van der Waals surface area contributed by atoms with E-state index in [0.717, 1.165) is 18.9 Å². The van der Waals surface area contributed by atoms with Gasteiger partial charge in [-0.15, -0.1) is 0 Å². The van der Waals surface area contributed by atoms with E-state index in [1.54, 1.807) is 0 Å². The van der Waals surface area contributed by atoms with E-state index >= 15 is 0 Å². The predicted molar refractivity (Wildman–Crippen MR) is 51.3 cm³/mol. The van der Waals surface area contributed by atoms with Crippen LogP contribution in [0.15, 0.2) is 18.2 Å². The Kier molecular flexibility index (Phi) is 2.45. The first-order valence-electron chi connectivity index (χ1n) is 4.95. The summed E-state index contributed by atoms with van der Waals surface area (Å²) in [5.41, 5.74) is 4.42. The summed E-state index contributed by atoms with van der Waals surface area (Å²) in [7, 11) is 0. The molecule has 1 aromatic carbocycles. The Morgan fingerprint density at radius 3 is 2.38 bits per heavy atom. The van der Waals surface area contributed by atoms with Gasteiger partial charge in [-0.3, -0.25) is 0 Å². The predicted octanol–water partition coefficient (Wildman–Crippen LogP) is 2.88. The van der Waals surface area contributed by atoms with Gasteiger partial charge in [0, 0.05) is 5.54 Å². The Labute approximate surface area is 90.3 Å². The molecule has 0 heterocycles. The van der Waals surface area contributed by atoms with Crippen LogP contribution in [0.25, 0.3) is 0 Å². The fraction of sp³-hybridized carbons (Fsp3) is 0.455. The molecule has 16 heavy (non-hydrogen) atoms. The highest BCUT2D eigenvalue weighted by Crippen LogP contribution is 2.39. The van der Waals surface area contributed by atoms with Crippen molar-refractivity contribution in [2.45, 2.75) is 31.0 Å². The Balaban J connectivity index is 2.36. The third kappa shape index (κ3) is 2.35. The molecule has 0 spiro atoms. The zero-order valence-electron chi connectivity index (χ0n) is 8.44. The fourth-order valence-corrected chi connectivity index (χ4v) is 1.68. The number of alkyl halides is 3. The molecule has 1 aromatic rings. The number of nitrogens with two attached hydrogens (primary N) is 1. The van der Waals surface area contributed by atoms with Crippen molar-refractivity contribution in [3.63, 3.8) is 0 Å². The number of benzene rings is 1. The van der Waals surface area contributed by atoms with Crippen LogP contribution in [0.2, 0.25) is 0 Å². The summed E-state index contributed by atoms with van der Waals surface area (Å²) in [6.07, 6.45) is -2.92. The minimum atomic E-state index is -4.53. The van der Waals surface area contributed by atoms with Gasteiger partial charge in [-0.1, -0.05) is 6.07 Å².